The van der Waals surface area contributed by atoms with Gasteiger partial charge in [-0.15, -0.1) is 0 Å². The van der Waals surface area contributed by atoms with Crippen molar-refractivity contribution in [2.24, 2.45) is 5.92 Å². The highest BCUT2D eigenvalue weighted by Crippen LogP contribution is 2.22. The third kappa shape index (κ3) is 6.24. The van der Waals surface area contributed by atoms with Crippen molar-refractivity contribution in [2.75, 3.05) is 19.6 Å². The molecule has 3 aromatic rings. The van der Waals surface area contributed by atoms with Gasteiger partial charge in [0.15, 0.2) is 0 Å². The molecule has 4 rings (SSSR count). The van der Waals surface area contributed by atoms with Crippen LogP contribution in [0, 0.1) is 5.92 Å². The van der Waals surface area contributed by atoms with E-state index in [-0.39, 0.29) is 11.8 Å². The minimum absolute atomic E-state index is 0.0917. The van der Waals surface area contributed by atoms with Crippen LogP contribution in [-0.2, 0) is 17.8 Å². The van der Waals surface area contributed by atoms with Crippen LogP contribution in [0.15, 0.2) is 63.6 Å². The van der Waals surface area contributed by atoms with E-state index in [1.54, 1.807) is 0 Å². The second kappa shape index (κ2) is 10.7. The van der Waals surface area contributed by atoms with E-state index in [9.17, 15) is 4.79 Å². The van der Waals surface area contributed by atoms with E-state index in [4.69, 9.17) is 4.52 Å². The van der Waals surface area contributed by atoms with Crippen molar-refractivity contribution in [1.29, 1.82) is 0 Å². The summed E-state index contributed by atoms with van der Waals surface area (Å²) in [6, 6.07) is 18.2. The molecule has 0 aliphatic carbocycles. The smallest absolute Gasteiger partial charge is 0.241 e. The molecular formula is C24H27BrN4O2. The highest BCUT2D eigenvalue weighted by molar-refractivity contribution is 9.10. The minimum Gasteiger partial charge on any atom is -0.356 e. The molecule has 1 amide bonds. The summed E-state index contributed by atoms with van der Waals surface area (Å²) in [5.74, 6) is 1.49. The lowest BCUT2D eigenvalue weighted by Crippen LogP contribution is -2.40. The number of hydrogen-bond donors (Lipinski definition) is 1. The molecule has 31 heavy (non-hydrogen) atoms. The average Bonchev–Trinajstić information content (AvgIpc) is 3.27. The van der Waals surface area contributed by atoms with E-state index >= 15 is 0 Å². The number of nitrogens with zero attached hydrogens (tertiary/aromatic N) is 3. The van der Waals surface area contributed by atoms with E-state index in [0.29, 0.717) is 18.3 Å². The Morgan fingerprint density at radius 2 is 1.84 bits per heavy atom. The van der Waals surface area contributed by atoms with E-state index < -0.39 is 0 Å². The monoisotopic (exact) mass is 482 g/mol. The Bertz CT molecular complexity index is 967. The van der Waals surface area contributed by atoms with Crippen molar-refractivity contribution in [1.82, 2.24) is 20.4 Å². The summed E-state index contributed by atoms with van der Waals surface area (Å²) in [4.78, 5) is 19.3. The fourth-order valence-corrected chi connectivity index (χ4v) is 4.14. The summed E-state index contributed by atoms with van der Waals surface area (Å²) in [7, 11) is 0. The number of carbonyl (C=O) groups is 1. The van der Waals surface area contributed by atoms with Gasteiger partial charge in [-0.3, -0.25) is 9.69 Å². The van der Waals surface area contributed by atoms with E-state index in [1.807, 2.05) is 30.3 Å². The van der Waals surface area contributed by atoms with Crippen molar-refractivity contribution in [3.05, 3.63) is 70.5 Å². The predicted molar refractivity (Wildman–Crippen MR) is 123 cm³/mol. The second-order valence-electron chi connectivity index (χ2n) is 7.95. The van der Waals surface area contributed by atoms with Gasteiger partial charge >= 0.3 is 0 Å². The lowest BCUT2D eigenvalue weighted by atomic mass is 9.96. The van der Waals surface area contributed by atoms with Gasteiger partial charge in [-0.25, -0.2) is 0 Å². The van der Waals surface area contributed by atoms with Crippen molar-refractivity contribution in [2.45, 2.75) is 32.2 Å². The molecule has 2 aromatic carbocycles. The number of likely N-dealkylation sites (tertiary alicyclic amines) is 1. The van der Waals surface area contributed by atoms with Crippen LogP contribution in [-0.4, -0.2) is 40.6 Å². The first kappa shape index (κ1) is 21.7. The van der Waals surface area contributed by atoms with Gasteiger partial charge in [-0.05, 0) is 68.6 Å². The molecule has 0 bridgehead atoms. The molecule has 1 saturated heterocycles. The number of benzene rings is 2. The molecule has 1 N–H and O–H groups in total. The number of hydrogen-bond acceptors (Lipinski definition) is 5. The summed E-state index contributed by atoms with van der Waals surface area (Å²) in [6.45, 7) is 3.07. The standard InChI is InChI=1S/C24H27BrN4O2/c25-21-10-8-19(9-11-21)23-27-22(31-28-23)17-29-15-12-20(13-16-29)24(30)26-14-4-7-18-5-2-1-3-6-18/h1-3,5-6,8-11,20H,4,7,12-17H2,(H,26,30). The average molecular weight is 483 g/mol. The molecule has 2 heterocycles. The minimum atomic E-state index is 0.0917. The van der Waals surface area contributed by atoms with E-state index in [0.717, 1.165) is 55.4 Å². The SMILES string of the molecule is O=C(NCCCc1ccccc1)C1CCN(Cc2nc(-c3ccc(Br)cc3)no2)CC1. The van der Waals surface area contributed by atoms with Crippen molar-refractivity contribution in [3.8, 4) is 11.4 Å². The van der Waals surface area contributed by atoms with Gasteiger partial charge in [0.2, 0.25) is 17.6 Å². The molecule has 0 spiro atoms. The fraction of sp³-hybridized carbons (Fsp3) is 0.375. The van der Waals surface area contributed by atoms with Crippen LogP contribution in [0.1, 0.15) is 30.7 Å². The molecule has 1 fully saturated rings. The summed E-state index contributed by atoms with van der Waals surface area (Å²) < 4.78 is 6.45. The topological polar surface area (TPSA) is 71.3 Å². The van der Waals surface area contributed by atoms with Crippen LogP contribution in [0.2, 0.25) is 0 Å². The second-order valence-corrected chi connectivity index (χ2v) is 8.86. The normalized spacial score (nSPS) is 15.1. The third-order valence-corrected chi connectivity index (χ3v) is 6.20. The zero-order valence-corrected chi connectivity index (χ0v) is 19.1. The molecule has 7 heteroatoms. The molecular weight excluding hydrogens is 456 g/mol. The summed E-state index contributed by atoms with van der Waals surface area (Å²) in [5, 5.41) is 7.21. The van der Waals surface area contributed by atoms with E-state index in [2.05, 4.69) is 60.6 Å². The van der Waals surface area contributed by atoms with Gasteiger partial charge in [0.05, 0.1) is 6.54 Å². The Balaban J connectivity index is 1.17. The molecule has 0 atom stereocenters. The molecule has 1 aromatic heterocycles. The molecule has 6 nitrogen and oxygen atoms in total. The van der Waals surface area contributed by atoms with Crippen LogP contribution >= 0.6 is 15.9 Å². The first-order chi connectivity index (χ1) is 15.2. The molecule has 0 unspecified atom stereocenters. The number of amides is 1. The van der Waals surface area contributed by atoms with Gasteiger partial charge < -0.3 is 9.84 Å². The van der Waals surface area contributed by atoms with Crippen LogP contribution < -0.4 is 5.32 Å². The van der Waals surface area contributed by atoms with Crippen LogP contribution in [0.5, 0.6) is 0 Å². The largest absolute Gasteiger partial charge is 0.356 e. The first-order valence-electron chi connectivity index (χ1n) is 10.8. The molecule has 162 valence electrons. The summed E-state index contributed by atoms with van der Waals surface area (Å²) in [5.41, 5.74) is 2.25. The zero-order chi connectivity index (χ0) is 21.5. The molecule has 1 aliphatic heterocycles. The number of halogens is 1. The maximum atomic E-state index is 12.5. The third-order valence-electron chi connectivity index (χ3n) is 5.67. The quantitative estimate of drug-likeness (QED) is 0.479. The maximum Gasteiger partial charge on any atom is 0.241 e. The van der Waals surface area contributed by atoms with Gasteiger partial charge in [-0.2, -0.15) is 4.98 Å². The predicted octanol–water partition coefficient (Wildman–Crippen LogP) is 4.46. The van der Waals surface area contributed by atoms with E-state index in [1.165, 1.54) is 5.56 Å². The summed E-state index contributed by atoms with van der Waals surface area (Å²) in [6.07, 6.45) is 3.68. The van der Waals surface area contributed by atoms with Gasteiger partial charge in [-0.1, -0.05) is 51.4 Å². The van der Waals surface area contributed by atoms with Gasteiger partial charge in [0.1, 0.15) is 0 Å². The Labute approximate surface area is 191 Å². The van der Waals surface area contributed by atoms with Crippen LogP contribution in [0.3, 0.4) is 0 Å². The van der Waals surface area contributed by atoms with Gasteiger partial charge in [0.25, 0.3) is 0 Å². The Kier molecular flexibility index (Phi) is 7.48. The van der Waals surface area contributed by atoms with Crippen LogP contribution in [0.25, 0.3) is 11.4 Å². The summed E-state index contributed by atoms with van der Waals surface area (Å²) >= 11 is 3.43. The number of aryl methyl sites for hydroxylation is 1. The fourth-order valence-electron chi connectivity index (χ4n) is 3.87. The number of nitrogens with one attached hydrogen (secondary N) is 1. The number of piperidine rings is 1. The molecule has 0 saturated carbocycles. The number of aromatic nitrogens is 2. The molecule has 1 aliphatic rings. The Morgan fingerprint density at radius 1 is 1.10 bits per heavy atom. The Hall–Kier alpha value is -2.51. The lowest BCUT2D eigenvalue weighted by Gasteiger charge is -2.30. The number of rotatable bonds is 8. The zero-order valence-electron chi connectivity index (χ0n) is 17.5. The maximum absolute atomic E-state index is 12.5. The first-order valence-corrected chi connectivity index (χ1v) is 11.6. The van der Waals surface area contributed by atoms with Crippen molar-refractivity contribution < 1.29 is 9.32 Å². The molecule has 0 radical (unpaired) electrons. The van der Waals surface area contributed by atoms with Crippen molar-refractivity contribution >= 4 is 21.8 Å². The lowest BCUT2D eigenvalue weighted by molar-refractivity contribution is -0.126. The van der Waals surface area contributed by atoms with Crippen LogP contribution in [0.4, 0.5) is 0 Å². The van der Waals surface area contributed by atoms with Crippen molar-refractivity contribution in [3.63, 3.8) is 0 Å². The highest BCUT2D eigenvalue weighted by atomic mass is 79.9. The number of carbonyl (C=O) groups excluding carboxylic acids is 1. The highest BCUT2D eigenvalue weighted by Gasteiger charge is 2.25. The van der Waals surface area contributed by atoms with Gasteiger partial charge in [0, 0.05) is 22.5 Å². The Morgan fingerprint density at radius 3 is 2.58 bits per heavy atom.